The van der Waals surface area contributed by atoms with Crippen molar-refractivity contribution in [3.63, 3.8) is 0 Å². The van der Waals surface area contributed by atoms with Gasteiger partial charge in [-0.25, -0.2) is 0 Å². The van der Waals surface area contributed by atoms with Crippen LogP contribution in [0, 0.1) is 5.92 Å². The largest absolute Gasteiger partial charge is 0.487 e. The Labute approximate surface area is 138 Å². The number of rotatable bonds is 5. The van der Waals surface area contributed by atoms with Crippen LogP contribution in [0.25, 0.3) is 0 Å². The van der Waals surface area contributed by atoms with Crippen LogP contribution in [0.3, 0.4) is 0 Å². The number of anilines is 2. The van der Waals surface area contributed by atoms with Gasteiger partial charge < -0.3 is 15.8 Å². The number of ether oxygens (including phenoxy) is 1. The van der Waals surface area contributed by atoms with E-state index < -0.39 is 0 Å². The number of amides is 1. The van der Waals surface area contributed by atoms with Gasteiger partial charge in [0.2, 0.25) is 5.91 Å². The van der Waals surface area contributed by atoms with Crippen molar-refractivity contribution in [2.24, 2.45) is 5.92 Å². The highest BCUT2D eigenvalue weighted by atomic mass is 79.9. The molecule has 0 radical (unpaired) electrons. The van der Waals surface area contributed by atoms with Crippen LogP contribution in [-0.4, -0.2) is 5.91 Å². The molecule has 0 heterocycles. The van der Waals surface area contributed by atoms with Gasteiger partial charge in [0.05, 0.1) is 5.69 Å². The minimum Gasteiger partial charge on any atom is -0.487 e. The fraction of sp³-hybridized carbons (Fsp3) is 0.235. The molecule has 0 atom stereocenters. The molecule has 22 heavy (non-hydrogen) atoms. The van der Waals surface area contributed by atoms with Gasteiger partial charge >= 0.3 is 0 Å². The molecule has 2 aromatic carbocycles. The number of hydrogen-bond acceptors (Lipinski definition) is 3. The van der Waals surface area contributed by atoms with Crippen molar-refractivity contribution in [3.8, 4) is 5.75 Å². The second-order valence-corrected chi connectivity index (χ2v) is 6.20. The van der Waals surface area contributed by atoms with Crippen molar-refractivity contribution in [2.45, 2.75) is 20.5 Å². The highest BCUT2D eigenvalue weighted by Gasteiger charge is 2.15. The maximum absolute atomic E-state index is 11.9. The monoisotopic (exact) mass is 362 g/mol. The number of carbonyl (C=O) groups excluding carboxylic acids is 1. The minimum absolute atomic E-state index is 0.0985. The topological polar surface area (TPSA) is 64.4 Å². The van der Waals surface area contributed by atoms with Crippen molar-refractivity contribution >= 4 is 33.2 Å². The van der Waals surface area contributed by atoms with Crippen LogP contribution in [0.5, 0.6) is 5.75 Å². The molecule has 0 unspecified atom stereocenters. The fourth-order valence-electron chi connectivity index (χ4n) is 1.85. The lowest BCUT2D eigenvalue weighted by atomic mass is 10.2. The van der Waals surface area contributed by atoms with Crippen LogP contribution in [0.1, 0.15) is 19.4 Å². The normalized spacial score (nSPS) is 10.5. The Morgan fingerprint density at radius 2 is 1.95 bits per heavy atom. The smallest absolute Gasteiger partial charge is 0.227 e. The zero-order valence-corrected chi connectivity index (χ0v) is 14.2. The highest BCUT2D eigenvalue weighted by Crippen LogP contribution is 2.35. The van der Waals surface area contributed by atoms with Gasteiger partial charge in [-0.3, -0.25) is 4.79 Å². The lowest BCUT2D eigenvalue weighted by molar-refractivity contribution is -0.118. The Balaban J connectivity index is 2.23. The molecule has 1 amide bonds. The van der Waals surface area contributed by atoms with Crippen LogP contribution < -0.4 is 15.8 Å². The molecular formula is C17H19BrN2O2. The molecule has 3 N–H and O–H groups in total. The third-order valence-electron chi connectivity index (χ3n) is 3.11. The summed E-state index contributed by atoms with van der Waals surface area (Å²) in [5.74, 6) is 0.313. The number of carbonyl (C=O) groups is 1. The number of nitrogen functional groups attached to an aromatic ring is 1. The SMILES string of the molecule is CC(C)C(=O)Nc1c(N)cc(Br)cc1OCc1ccccc1. The van der Waals surface area contributed by atoms with Crippen LogP contribution >= 0.6 is 15.9 Å². The molecule has 5 heteroatoms. The molecule has 116 valence electrons. The number of halogens is 1. The first kappa shape index (κ1) is 16.4. The summed E-state index contributed by atoms with van der Waals surface area (Å²) in [6.07, 6.45) is 0. The third-order valence-corrected chi connectivity index (χ3v) is 3.57. The molecule has 0 aliphatic rings. The predicted octanol–water partition coefficient (Wildman–Crippen LogP) is 4.20. The maximum Gasteiger partial charge on any atom is 0.227 e. The lowest BCUT2D eigenvalue weighted by Crippen LogP contribution is -2.19. The van der Waals surface area contributed by atoms with Gasteiger partial charge in [-0.15, -0.1) is 0 Å². The van der Waals surface area contributed by atoms with Crippen molar-refractivity contribution < 1.29 is 9.53 Å². The summed E-state index contributed by atoms with van der Waals surface area (Å²) < 4.78 is 6.64. The Morgan fingerprint density at radius 1 is 1.27 bits per heavy atom. The van der Waals surface area contributed by atoms with E-state index in [1.807, 2.05) is 44.2 Å². The Hall–Kier alpha value is -2.01. The van der Waals surface area contributed by atoms with Crippen LogP contribution in [0.2, 0.25) is 0 Å². The van der Waals surface area contributed by atoms with Crippen molar-refractivity contribution in [1.82, 2.24) is 0 Å². The van der Waals surface area contributed by atoms with Gasteiger partial charge in [0, 0.05) is 10.4 Å². The molecule has 0 saturated carbocycles. The average molecular weight is 363 g/mol. The van der Waals surface area contributed by atoms with E-state index in [0.29, 0.717) is 23.7 Å². The predicted molar refractivity (Wildman–Crippen MR) is 92.8 cm³/mol. The van der Waals surface area contributed by atoms with E-state index in [2.05, 4.69) is 21.2 Å². The van der Waals surface area contributed by atoms with Crippen molar-refractivity contribution in [2.75, 3.05) is 11.1 Å². The van der Waals surface area contributed by atoms with Gasteiger partial charge in [-0.05, 0) is 17.7 Å². The third kappa shape index (κ3) is 4.24. The Morgan fingerprint density at radius 3 is 2.59 bits per heavy atom. The summed E-state index contributed by atoms with van der Waals surface area (Å²) >= 11 is 3.40. The van der Waals surface area contributed by atoms with Crippen LogP contribution in [0.4, 0.5) is 11.4 Å². The number of benzene rings is 2. The summed E-state index contributed by atoms with van der Waals surface area (Å²) in [5, 5.41) is 2.83. The lowest BCUT2D eigenvalue weighted by Gasteiger charge is -2.16. The quantitative estimate of drug-likeness (QED) is 0.783. The van der Waals surface area contributed by atoms with Gasteiger partial charge in [0.1, 0.15) is 18.0 Å². The van der Waals surface area contributed by atoms with E-state index in [1.165, 1.54) is 0 Å². The summed E-state index contributed by atoms with van der Waals surface area (Å²) in [6.45, 7) is 4.06. The summed E-state index contributed by atoms with van der Waals surface area (Å²) in [5.41, 5.74) is 8.03. The fourth-order valence-corrected chi connectivity index (χ4v) is 2.31. The Kier molecular flexibility index (Phi) is 5.44. The second kappa shape index (κ2) is 7.31. The van der Waals surface area contributed by atoms with Crippen molar-refractivity contribution in [3.05, 3.63) is 52.5 Å². The van der Waals surface area contributed by atoms with E-state index in [4.69, 9.17) is 10.5 Å². The molecule has 0 spiro atoms. The van der Waals surface area contributed by atoms with Gasteiger partial charge in [0.15, 0.2) is 0 Å². The molecule has 0 aliphatic carbocycles. The number of nitrogens with two attached hydrogens (primary N) is 1. The van der Waals surface area contributed by atoms with E-state index in [1.54, 1.807) is 12.1 Å². The molecule has 0 aromatic heterocycles. The minimum atomic E-state index is -0.134. The van der Waals surface area contributed by atoms with E-state index >= 15 is 0 Å². The highest BCUT2D eigenvalue weighted by molar-refractivity contribution is 9.10. The van der Waals surface area contributed by atoms with E-state index in [9.17, 15) is 4.79 Å². The summed E-state index contributed by atoms with van der Waals surface area (Å²) in [6, 6.07) is 13.4. The zero-order valence-electron chi connectivity index (χ0n) is 12.6. The van der Waals surface area contributed by atoms with Crippen molar-refractivity contribution in [1.29, 1.82) is 0 Å². The first-order chi connectivity index (χ1) is 10.5. The van der Waals surface area contributed by atoms with E-state index in [0.717, 1.165) is 10.0 Å². The summed E-state index contributed by atoms with van der Waals surface area (Å²) in [4.78, 5) is 11.9. The molecule has 0 saturated heterocycles. The Bertz CT molecular complexity index is 657. The molecule has 0 bridgehead atoms. The molecular weight excluding hydrogens is 344 g/mol. The van der Waals surface area contributed by atoms with Gasteiger partial charge in [0.25, 0.3) is 0 Å². The van der Waals surface area contributed by atoms with Crippen LogP contribution in [0.15, 0.2) is 46.9 Å². The number of nitrogens with one attached hydrogen (secondary N) is 1. The zero-order chi connectivity index (χ0) is 16.1. The van der Waals surface area contributed by atoms with Gasteiger partial charge in [-0.1, -0.05) is 60.1 Å². The molecule has 4 nitrogen and oxygen atoms in total. The van der Waals surface area contributed by atoms with Gasteiger partial charge in [-0.2, -0.15) is 0 Å². The van der Waals surface area contributed by atoms with E-state index in [-0.39, 0.29) is 11.8 Å². The summed E-state index contributed by atoms with van der Waals surface area (Å²) in [7, 11) is 0. The molecule has 2 aromatic rings. The first-order valence-corrected chi connectivity index (χ1v) is 7.83. The van der Waals surface area contributed by atoms with Crippen LogP contribution in [-0.2, 0) is 11.4 Å². The molecule has 2 rings (SSSR count). The first-order valence-electron chi connectivity index (χ1n) is 7.04. The molecule has 0 aliphatic heterocycles. The number of hydrogen-bond donors (Lipinski definition) is 2. The second-order valence-electron chi connectivity index (χ2n) is 5.29. The maximum atomic E-state index is 11.9. The average Bonchev–Trinajstić information content (AvgIpc) is 2.48. The molecule has 0 fully saturated rings. The standard InChI is InChI=1S/C17H19BrN2O2/c1-11(2)17(21)20-16-14(19)8-13(18)9-15(16)22-10-12-6-4-3-5-7-12/h3-9,11H,10,19H2,1-2H3,(H,20,21).